The Balaban J connectivity index is 1.94. The summed E-state index contributed by atoms with van der Waals surface area (Å²) < 4.78 is 23.7. The van der Waals surface area contributed by atoms with Crippen LogP contribution in [0, 0.1) is 5.82 Å². The van der Waals surface area contributed by atoms with Crippen LogP contribution in [0.5, 0.6) is 5.75 Å². The first-order valence-corrected chi connectivity index (χ1v) is 8.55. The van der Waals surface area contributed by atoms with Gasteiger partial charge in [0.05, 0.1) is 30.7 Å². The minimum Gasteiger partial charge on any atom is -0.494 e. The molecule has 1 amide bonds. The zero-order valence-electron chi connectivity index (χ0n) is 13.9. The van der Waals surface area contributed by atoms with Gasteiger partial charge in [-0.25, -0.2) is 9.18 Å². The summed E-state index contributed by atoms with van der Waals surface area (Å²) >= 11 is 1.31. The zero-order valence-corrected chi connectivity index (χ0v) is 14.7. The molecule has 0 radical (unpaired) electrons. The highest BCUT2D eigenvalue weighted by atomic mass is 32.2. The van der Waals surface area contributed by atoms with Crippen LogP contribution in [0.25, 0.3) is 0 Å². The lowest BCUT2D eigenvalue weighted by atomic mass is 10.2. The smallest absolute Gasteiger partial charge is 0.337 e. The van der Waals surface area contributed by atoms with E-state index in [1.807, 2.05) is 31.2 Å². The quantitative estimate of drug-likeness (QED) is 0.600. The third-order valence-electron chi connectivity index (χ3n) is 3.17. The summed E-state index contributed by atoms with van der Waals surface area (Å²) in [4.78, 5) is 24.4. The van der Waals surface area contributed by atoms with Gasteiger partial charge in [0.25, 0.3) is 0 Å². The van der Waals surface area contributed by atoms with Gasteiger partial charge in [0.15, 0.2) is 0 Å². The molecule has 0 aliphatic rings. The second-order valence-corrected chi connectivity index (χ2v) is 5.98. The van der Waals surface area contributed by atoms with Gasteiger partial charge in [0, 0.05) is 4.90 Å². The predicted molar refractivity (Wildman–Crippen MR) is 94.7 cm³/mol. The maximum Gasteiger partial charge on any atom is 0.337 e. The van der Waals surface area contributed by atoms with Crippen LogP contribution in [0.3, 0.4) is 0 Å². The number of carbonyl (C=O) groups is 2. The van der Waals surface area contributed by atoms with Gasteiger partial charge < -0.3 is 14.8 Å². The fourth-order valence-corrected chi connectivity index (χ4v) is 2.70. The van der Waals surface area contributed by atoms with Crippen molar-refractivity contribution in [3.05, 3.63) is 53.8 Å². The minimum absolute atomic E-state index is 0.0554. The number of benzene rings is 2. The van der Waals surface area contributed by atoms with Gasteiger partial charge in [-0.2, -0.15) is 0 Å². The van der Waals surface area contributed by atoms with Crippen molar-refractivity contribution >= 4 is 29.3 Å². The molecule has 1 N–H and O–H groups in total. The number of esters is 1. The highest BCUT2D eigenvalue weighted by Crippen LogP contribution is 2.22. The van der Waals surface area contributed by atoms with E-state index in [2.05, 4.69) is 10.1 Å². The number of carbonyl (C=O) groups excluding carboxylic acids is 2. The van der Waals surface area contributed by atoms with E-state index in [1.165, 1.54) is 31.0 Å². The highest BCUT2D eigenvalue weighted by molar-refractivity contribution is 8.00. The summed E-state index contributed by atoms with van der Waals surface area (Å²) in [6.07, 6.45) is 0. The van der Waals surface area contributed by atoms with E-state index in [-0.39, 0.29) is 22.9 Å². The van der Waals surface area contributed by atoms with Crippen LogP contribution >= 0.6 is 11.8 Å². The molecule has 2 rings (SSSR count). The van der Waals surface area contributed by atoms with E-state index in [1.54, 1.807) is 0 Å². The predicted octanol–water partition coefficient (Wildman–Crippen LogP) is 3.74. The summed E-state index contributed by atoms with van der Waals surface area (Å²) in [5.41, 5.74) is 0.110. The molecule has 0 aromatic heterocycles. The molecule has 0 fully saturated rings. The van der Waals surface area contributed by atoms with Crippen LogP contribution in [0.2, 0.25) is 0 Å². The molecule has 2 aromatic rings. The van der Waals surface area contributed by atoms with Gasteiger partial charge in [-0.3, -0.25) is 4.79 Å². The molecule has 25 heavy (non-hydrogen) atoms. The van der Waals surface area contributed by atoms with Crippen LogP contribution < -0.4 is 10.1 Å². The SMILES string of the molecule is CCOc1ccc(SCC(=O)Nc2cc(C(=O)OC)ccc2F)cc1. The van der Waals surface area contributed by atoms with Crippen LogP contribution in [0.1, 0.15) is 17.3 Å². The van der Waals surface area contributed by atoms with Crippen molar-refractivity contribution in [3.63, 3.8) is 0 Å². The number of methoxy groups -OCH3 is 1. The van der Waals surface area contributed by atoms with Gasteiger partial charge in [0.2, 0.25) is 5.91 Å². The van der Waals surface area contributed by atoms with Gasteiger partial charge >= 0.3 is 5.97 Å². The first kappa shape index (κ1) is 18.8. The first-order chi connectivity index (χ1) is 12.0. The van der Waals surface area contributed by atoms with Crippen LogP contribution in [-0.4, -0.2) is 31.3 Å². The van der Waals surface area contributed by atoms with Crippen molar-refractivity contribution in [2.45, 2.75) is 11.8 Å². The first-order valence-electron chi connectivity index (χ1n) is 7.57. The van der Waals surface area contributed by atoms with E-state index in [4.69, 9.17) is 4.74 Å². The topological polar surface area (TPSA) is 64.6 Å². The zero-order chi connectivity index (χ0) is 18.2. The summed E-state index contributed by atoms with van der Waals surface area (Å²) in [6, 6.07) is 11.0. The van der Waals surface area contributed by atoms with Gasteiger partial charge in [-0.15, -0.1) is 11.8 Å². The number of halogens is 1. The Morgan fingerprint density at radius 2 is 1.88 bits per heavy atom. The second kappa shape index (κ2) is 9.08. The largest absolute Gasteiger partial charge is 0.494 e. The fourth-order valence-electron chi connectivity index (χ4n) is 2.00. The molecule has 0 saturated heterocycles. The Morgan fingerprint density at radius 1 is 1.16 bits per heavy atom. The van der Waals surface area contributed by atoms with Crippen molar-refractivity contribution in [1.29, 1.82) is 0 Å². The van der Waals surface area contributed by atoms with E-state index in [0.29, 0.717) is 6.61 Å². The molecule has 0 saturated carbocycles. The number of hydrogen-bond acceptors (Lipinski definition) is 5. The second-order valence-electron chi connectivity index (χ2n) is 4.93. The van der Waals surface area contributed by atoms with E-state index < -0.39 is 11.8 Å². The average molecular weight is 363 g/mol. The van der Waals surface area contributed by atoms with Crippen molar-refractivity contribution < 1.29 is 23.5 Å². The number of thioether (sulfide) groups is 1. The lowest BCUT2D eigenvalue weighted by molar-refractivity contribution is -0.113. The van der Waals surface area contributed by atoms with Crippen LogP contribution in [0.4, 0.5) is 10.1 Å². The molecular weight excluding hydrogens is 345 g/mol. The summed E-state index contributed by atoms with van der Waals surface area (Å²) in [5.74, 6) is -0.722. The molecule has 7 heteroatoms. The molecular formula is C18H18FNO4S. The Hall–Kier alpha value is -2.54. The van der Waals surface area contributed by atoms with Gasteiger partial charge in [0.1, 0.15) is 11.6 Å². The Bertz CT molecular complexity index is 749. The van der Waals surface area contributed by atoms with Crippen LogP contribution in [0.15, 0.2) is 47.4 Å². The molecule has 0 aliphatic carbocycles. The molecule has 0 aliphatic heterocycles. The minimum atomic E-state index is -0.618. The maximum absolute atomic E-state index is 13.8. The Morgan fingerprint density at radius 3 is 2.52 bits per heavy atom. The summed E-state index contributed by atoms with van der Waals surface area (Å²) in [6.45, 7) is 2.49. The Kier molecular flexibility index (Phi) is 6.82. The third-order valence-corrected chi connectivity index (χ3v) is 4.18. The molecule has 0 bridgehead atoms. The number of rotatable bonds is 7. The highest BCUT2D eigenvalue weighted by Gasteiger charge is 2.12. The summed E-state index contributed by atoms with van der Waals surface area (Å²) in [5, 5.41) is 2.46. The number of hydrogen-bond donors (Lipinski definition) is 1. The Labute approximate surface area is 149 Å². The lowest BCUT2D eigenvalue weighted by Crippen LogP contribution is -2.15. The molecule has 0 heterocycles. The molecule has 0 atom stereocenters. The van der Waals surface area contributed by atoms with Gasteiger partial charge in [-0.1, -0.05) is 0 Å². The van der Waals surface area contributed by atoms with Crippen molar-refractivity contribution in [2.75, 3.05) is 24.8 Å². The number of anilines is 1. The van der Waals surface area contributed by atoms with Crippen molar-refractivity contribution in [2.24, 2.45) is 0 Å². The number of ether oxygens (including phenoxy) is 2. The van der Waals surface area contributed by atoms with Crippen LogP contribution in [-0.2, 0) is 9.53 Å². The molecule has 0 spiro atoms. The summed E-state index contributed by atoms with van der Waals surface area (Å²) in [7, 11) is 1.23. The fraction of sp³-hybridized carbons (Fsp3) is 0.222. The molecule has 132 valence electrons. The third kappa shape index (κ3) is 5.49. The normalized spacial score (nSPS) is 10.2. The lowest BCUT2D eigenvalue weighted by Gasteiger charge is -2.08. The van der Waals surface area contributed by atoms with E-state index in [0.717, 1.165) is 16.7 Å². The average Bonchev–Trinajstić information content (AvgIpc) is 2.62. The molecule has 5 nitrogen and oxygen atoms in total. The molecule has 0 unspecified atom stereocenters. The van der Waals surface area contributed by atoms with Gasteiger partial charge in [-0.05, 0) is 49.4 Å². The molecule has 2 aromatic carbocycles. The number of amides is 1. The monoisotopic (exact) mass is 363 g/mol. The van der Waals surface area contributed by atoms with Crippen molar-refractivity contribution in [1.82, 2.24) is 0 Å². The van der Waals surface area contributed by atoms with E-state index in [9.17, 15) is 14.0 Å². The number of nitrogens with one attached hydrogen (secondary N) is 1. The maximum atomic E-state index is 13.8. The van der Waals surface area contributed by atoms with Crippen molar-refractivity contribution in [3.8, 4) is 5.75 Å². The van der Waals surface area contributed by atoms with E-state index >= 15 is 0 Å². The standard InChI is InChI=1S/C18H18FNO4S/c1-3-24-13-5-7-14(8-6-13)25-11-17(21)20-16-10-12(18(22)23-2)4-9-15(16)19/h4-10H,3,11H2,1-2H3,(H,20,21).